The molecule has 0 saturated carbocycles. The monoisotopic (exact) mass is 469 g/mol. The van der Waals surface area contributed by atoms with E-state index in [4.69, 9.17) is 55.9 Å². The molecule has 7 heteroatoms. The smallest absolute Gasteiger partial charge is 0.180 e. The van der Waals surface area contributed by atoms with E-state index in [0.717, 1.165) is 16.8 Å². The first-order valence-corrected chi connectivity index (χ1v) is 10.5. The van der Waals surface area contributed by atoms with E-state index in [9.17, 15) is 0 Å². The largest absolute Gasteiger partial charge is 0.490 e. The van der Waals surface area contributed by atoms with Gasteiger partial charge in [-0.2, -0.15) is 0 Å². The molecule has 0 aliphatic carbocycles. The summed E-state index contributed by atoms with van der Waals surface area (Å²) in [5, 5.41) is 5.55. The van der Waals surface area contributed by atoms with Gasteiger partial charge in [0, 0.05) is 22.2 Å². The van der Waals surface area contributed by atoms with E-state index in [1.807, 2.05) is 43.3 Å². The maximum Gasteiger partial charge on any atom is 0.180 e. The van der Waals surface area contributed by atoms with E-state index in [2.05, 4.69) is 5.32 Å². The fourth-order valence-corrected chi connectivity index (χ4v) is 3.56. The summed E-state index contributed by atoms with van der Waals surface area (Å²) in [5.41, 5.74) is 2.53. The first-order chi connectivity index (χ1) is 14.0. The summed E-state index contributed by atoms with van der Waals surface area (Å²) in [4.78, 5) is 0. The van der Waals surface area contributed by atoms with E-state index < -0.39 is 0 Å². The highest BCUT2D eigenvalue weighted by molar-refractivity contribution is 6.35. The van der Waals surface area contributed by atoms with Crippen LogP contribution in [0.1, 0.15) is 18.1 Å². The maximum absolute atomic E-state index is 6.50. The molecule has 0 amide bonds. The van der Waals surface area contributed by atoms with Gasteiger partial charge in [-0.15, -0.1) is 0 Å². The number of halogens is 4. The molecule has 0 unspecified atom stereocenters. The average molecular weight is 471 g/mol. The van der Waals surface area contributed by atoms with Gasteiger partial charge in [0.2, 0.25) is 0 Å². The molecule has 0 radical (unpaired) electrons. The second-order valence-corrected chi connectivity index (χ2v) is 7.85. The van der Waals surface area contributed by atoms with Crippen molar-refractivity contribution in [3.05, 3.63) is 85.8 Å². The van der Waals surface area contributed by atoms with Gasteiger partial charge in [-0.25, -0.2) is 0 Å². The average Bonchev–Trinajstić information content (AvgIpc) is 2.69. The molecule has 3 rings (SSSR count). The highest BCUT2D eigenvalue weighted by Gasteiger charge is 2.14. The molecule has 0 aliphatic heterocycles. The van der Waals surface area contributed by atoms with E-state index in [1.165, 1.54) is 0 Å². The van der Waals surface area contributed by atoms with Crippen LogP contribution in [0.2, 0.25) is 20.1 Å². The van der Waals surface area contributed by atoms with Crippen LogP contribution in [0, 0.1) is 0 Å². The van der Waals surface area contributed by atoms with Gasteiger partial charge in [-0.3, -0.25) is 0 Å². The fraction of sp³-hybridized carbons (Fsp3) is 0.182. The third-order valence-electron chi connectivity index (χ3n) is 4.11. The number of nitrogens with one attached hydrogen (secondary N) is 1. The number of hydrogen-bond acceptors (Lipinski definition) is 3. The summed E-state index contributed by atoms with van der Waals surface area (Å²) in [5.74, 6) is 1.05. The second-order valence-electron chi connectivity index (χ2n) is 6.20. The molecule has 0 fully saturated rings. The van der Waals surface area contributed by atoms with E-state index in [0.29, 0.717) is 44.7 Å². The molecule has 3 nitrogen and oxygen atoms in total. The number of hydrogen-bond donors (Lipinski definition) is 1. The summed E-state index contributed by atoms with van der Waals surface area (Å²) in [6.45, 7) is 3.16. The third-order valence-corrected chi connectivity index (χ3v) is 5.32. The third kappa shape index (κ3) is 5.86. The van der Waals surface area contributed by atoms with Crippen molar-refractivity contribution >= 4 is 52.1 Å². The standard InChI is InChI=1S/C22H19Cl4NO2/c1-2-28-21-10-14(12-27-20-11-16(23)7-8-18(20)25)9-19(26)22(21)29-13-15-5-3-4-6-17(15)24/h3-11,27H,2,12-13H2,1H3. The quantitative estimate of drug-likeness (QED) is 0.363. The van der Waals surface area contributed by atoms with Crippen molar-refractivity contribution in [1.82, 2.24) is 0 Å². The van der Waals surface area contributed by atoms with Crippen molar-refractivity contribution in [2.24, 2.45) is 0 Å². The highest BCUT2D eigenvalue weighted by Crippen LogP contribution is 2.38. The lowest BCUT2D eigenvalue weighted by Crippen LogP contribution is -2.04. The lowest BCUT2D eigenvalue weighted by Gasteiger charge is -2.16. The Morgan fingerprint density at radius 1 is 0.828 bits per heavy atom. The second kappa shape index (κ2) is 10.3. The van der Waals surface area contributed by atoms with Crippen LogP contribution in [0.15, 0.2) is 54.6 Å². The molecule has 0 saturated heterocycles. The Hall–Kier alpha value is -1.78. The summed E-state index contributed by atoms with van der Waals surface area (Å²) < 4.78 is 11.7. The van der Waals surface area contributed by atoms with Crippen LogP contribution in [0.3, 0.4) is 0 Å². The van der Waals surface area contributed by atoms with Crippen LogP contribution < -0.4 is 14.8 Å². The zero-order chi connectivity index (χ0) is 20.8. The first kappa shape index (κ1) is 21.9. The summed E-state index contributed by atoms with van der Waals surface area (Å²) >= 11 is 25.0. The predicted molar refractivity (Wildman–Crippen MR) is 122 cm³/mol. The van der Waals surface area contributed by atoms with Gasteiger partial charge >= 0.3 is 0 Å². The summed E-state index contributed by atoms with van der Waals surface area (Å²) in [6.07, 6.45) is 0. The van der Waals surface area contributed by atoms with Gasteiger partial charge < -0.3 is 14.8 Å². The topological polar surface area (TPSA) is 30.5 Å². The Balaban J connectivity index is 1.78. The van der Waals surface area contributed by atoms with Gasteiger partial charge in [0.05, 0.1) is 22.3 Å². The number of rotatable bonds is 8. The molecule has 0 atom stereocenters. The molecule has 1 N–H and O–H groups in total. The van der Waals surface area contributed by atoms with Crippen molar-refractivity contribution in [1.29, 1.82) is 0 Å². The molecular formula is C22H19Cl4NO2. The molecule has 0 spiro atoms. The van der Waals surface area contributed by atoms with Crippen LogP contribution in [0.4, 0.5) is 5.69 Å². The fourth-order valence-electron chi connectivity index (χ4n) is 2.72. The molecule has 3 aromatic carbocycles. The summed E-state index contributed by atoms with van der Waals surface area (Å²) in [7, 11) is 0. The Morgan fingerprint density at radius 2 is 1.62 bits per heavy atom. The molecule has 0 aromatic heterocycles. The Labute approximate surface area is 190 Å². The normalized spacial score (nSPS) is 10.7. The summed E-state index contributed by atoms with van der Waals surface area (Å²) in [6, 6.07) is 16.5. The number of benzene rings is 3. The SMILES string of the molecule is CCOc1cc(CNc2cc(Cl)ccc2Cl)cc(Cl)c1OCc1ccccc1Cl. The minimum atomic E-state index is 0.287. The van der Waals surface area contributed by atoms with Crippen molar-refractivity contribution in [3.8, 4) is 11.5 Å². The Morgan fingerprint density at radius 3 is 2.38 bits per heavy atom. The molecule has 3 aromatic rings. The molecule has 152 valence electrons. The van der Waals surface area contributed by atoms with Crippen LogP contribution in [-0.4, -0.2) is 6.61 Å². The van der Waals surface area contributed by atoms with E-state index in [1.54, 1.807) is 18.2 Å². The highest BCUT2D eigenvalue weighted by atomic mass is 35.5. The van der Waals surface area contributed by atoms with Crippen molar-refractivity contribution < 1.29 is 9.47 Å². The van der Waals surface area contributed by atoms with Gasteiger partial charge in [0.1, 0.15) is 6.61 Å². The van der Waals surface area contributed by atoms with E-state index in [-0.39, 0.29) is 6.61 Å². The Bertz CT molecular complexity index is 995. The molecule has 0 aliphatic rings. The first-order valence-electron chi connectivity index (χ1n) is 8.98. The van der Waals surface area contributed by atoms with Crippen LogP contribution in [0.25, 0.3) is 0 Å². The zero-order valence-corrected chi connectivity index (χ0v) is 18.7. The van der Waals surface area contributed by atoms with Crippen molar-refractivity contribution in [3.63, 3.8) is 0 Å². The lowest BCUT2D eigenvalue weighted by atomic mass is 10.2. The van der Waals surface area contributed by atoms with Gasteiger partial charge in [-0.05, 0) is 48.9 Å². The van der Waals surface area contributed by atoms with Gasteiger partial charge in [-0.1, -0.05) is 64.6 Å². The maximum atomic E-state index is 6.50. The van der Waals surface area contributed by atoms with Crippen LogP contribution in [-0.2, 0) is 13.2 Å². The van der Waals surface area contributed by atoms with E-state index >= 15 is 0 Å². The predicted octanol–water partition coefficient (Wildman–Crippen LogP) is 7.89. The molecule has 0 heterocycles. The Kier molecular flexibility index (Phi) is 7.79. The van der Waals surface area contributed by atoms with Gasteiger partial charge in [0.15, 0.2) is 11.5 Å². The number of anilines is 1. The van der Waals surface area contributed by atoms with Crippen LogP contribution in [0.5, 0.6) is 11.5 Å². The van der Waals surface area contributed by atoms with Crippen molar-refractivity contribution in [2.75, 3.05) is 11.9 Å². The lowest BCUT2D eigenvalue weighted by molar-refractivity contribution is 0.269. The van der Waals surface area contributed by atoms with Crippen LogP contribution >= 0.6 is 46.4 Å². The molecule has 0 bridgehead atoms. The van der Waals surface area contributed by atoms with Gasteiger partial charge in [0.25, 0.3) is 0 Å². The minimum absolute atomic E-state index is 0.287. The minimum Gasteiger partial charge on any atom is -0.490 e. The zero-order valence-electron chi connectivity index (χ0n) is 15.6. The number of ether oxygens (including phenoxy) is 2. The molecular weight excluding hydrogens is 452 g/mol. The molecule has 29 heavy (non-hydrogen) atoms. The van der Waals surface area contributed by atoms with Crippen molar-refractivity contribution in [2.45, 2.75) is 20.1 Å².